The molecule has 3 rings (SSSR count). The van der Waals surface area contributed by atoms with Crippen LogP contribution < -0.4 is 0 Å². The lowest BCUT2D eigenvalue weighted by Crippen LogP contribution is -2.43. The summed E-state index contributed by atoms with van der Waals surface area (Å²) >= 11 is 0. The highest BCUT2D eigenvalue weighted by Gasteiger charge is 2.39. The molecule has 1 aliphatic heterocycles. The smallest absolute Gasteiger partial charge is 0.337 e. The number of hydrogen-bond acceptors (Lipinski definition) is 4. The molecule has 28 heavy (non-hydrogen) atoms. The number of halogens is 3. The van der Waals surface area contributed by atoms with Crippen LogP contribution in [-0.2, 0) is 27.4 Å². The van der Waals surface area contributed by atoms with Crippen molar-refractivity contribution in [2.24, 2.45) is 0 Å². The van der Waals surface area contributed by atoms with Gasteiger partial charge in [-0.05, 0) is 25.0 Å². The van der Waals surface area contributed by atoms with Gasteiger partial charge in [0.1, 0.15) is 6.54 Å². The van der Waals surface area contributed by atoms with Gasteiger partial charge in [0.25, 0.3) is 0 Å². The zero-order chi connectivity index (χ0) is 20.5. The molecule has 10 heteroatoms. The Bertz CT molecular complexity index is 969. The van der Waals surface area contributed by atoms with E-state index < -0.39 is 40.3 Å². The van der Waals surface area contributed by atoms with E-state index in [0.29, 0.717) is 19.4 Å². The number of unbranched alkanes of at least 4 members (excludes halogenated alkanes) is 1. The van der Waals surface area contributed by atoms with E-state index in [0.717, 1.165) is 11.0 Å². The summed E-state index contributed by atoms with van der Waals surface area (Å²) in [5.41, 5.74) is 0.379. The minimum atomic E-state index is -4.70. The largest absolute Gasteiger partial charge is 0.449 e. The molecular formula is C18H22F3N3O3S. The number of nitrogens with zero attached hydrogens (tertiary/aromatic N) is 3. The van der Waals surface area contributed by atoms with Crippen LogP contribution in [0.2, 0.25) is 0 Å². The van der Waals surface area contributed by atoms with Crippen LogP contribution >= 0.6 is 0 Å². The highest BCUT2D eigenvalue weighted by atomic mass is 32.2. The molecule has 1 fully saturated rings. The molecule has 1 atom stereocenters. The Balaban J connectivity index is 1.93. The molecule has 0 N–H and O–H groups in total. The number of sulfone groups is 1. The van der Waals surface area contributed by atoms with Crippen LogP contribution in [-0.4, -0.2) is 52.9 Å². The fourth-order valence-corrected chi connectivity index (χ4v) is 5.27. The van der Waals surface area contributed by atoms with Gasteiger partial charge in [0.2, 0.25) is 11.7 Å². The maximum absolute atomic E-state index is 13.5. The van der Waals surface area contributed by atoms with Crippen molar-refractivity contribution in [3.8, 4) is 0 Å². The number of fused-ring (bicyclic) bond motifs is 1. The van der Waals surface area contributed by atoms with E-state index in [-0.39, 0.29) is 22.5 Å². The fourth-order valence-electron chi connectivity index (χ4n) is 3.54. The number of amides is 1. The van der Waals surface area contributed by atoms with Crippen LogP contribution in [0.15, 0.2) is 24.3 Å². The summed E-state index contributed by atoms with van der Waals surface area (Å²) in [6.45, 7) is 1.72. The molecule has 6 nitrogen and oxygen atoms in total. The van der Waals surface area contributed by atoms with E-state index in [1.807, 2.05) is 6.92 Å². The second kappa shape index (κ2) is 7.73. The topological polar surface area (TPSA) is 72.3 Å². The molecule has 2 heterocycles. The lowest BCUT2D eigenvalue weighted by atomic mass is 10.2. The predicted octanol–water partition coefficient (Wildman–Crippen LogP) is 2.87. The van der Waals surface area contributed by atoms with Gasteiger partial charge in [-0.1, -0.05) is 25.5 Å². The van der Waals surface area contributed by atoms with Gasteiger partial charge in [0.15, 0.2) is 9.84 Å². The summed E-state index contributed by atoms with van der Waals surface area (Å²) in [6, 6.07) is 5.63. The third-order valence-corrected chi connectivity index (χ3v) is 6.67. The van der Waals surface area contributed by atoms with Gasteiger partial charge in [-0.3, -0.25) is 4.79 Å². The average Bonchev–Trinajstić information content (AvgIpc) is 3.16. The monoisotopic (exact) mass is 417 g/mol. The first-order valence-corrected chi connectivity index (χ1v) is 11.0. The normalized spacial score (nSPS) is 19.2. The van der Waals surface area contributed by atoms with Crippen LogP contribution in [0.4, 0.5) is 13.2 Å². The number of aromatic nitrogens is 2. The fraction of sp³-hybridized carbons (Fsp3) is 0.556. The summed E-state index contributed by atoms with van der Waals surface area (Å²) in [6.07, 6.45) is -2.96. The number of carbonyl (C=O) groups excluding carboxylic acids is 1. The summed E-state index contributed by atoms with van der Waals surface area (Å²) in [4.78, 5) is 18.0. The number of para-hydroxylation sites is 2. The van der Waals surface area contributed by atoms with E-state index in [4.69, 9.17) is 0 Å². The number of benzene rings is 1. The van der Waals surface area contributed by atoms with Crippen molar-refractivity contribution in [3.05, 3.63) is 30.1 Å². The van der Waals surface area contributed by atoms with Crippen LogP contribution in [0, 0.1) is 0 Å². The Labute approximate surface area is 161 Å². The van der Waals surface area contributed by atoms with Crippen molar-refractivity contribution in [1.82, 2.24) is 14.5 Å². The van der Waals surface area contributed by atoms with Gasteiger partial charge in [-0.15, -0.1) is 0 Å². The Morgan fingerprint density at radius 1 is 1.32 bits per heavy atom. The maximum atomic E-state index is 13.5. The summed E-state index contributed by atoms with van der Waals surface area (Å²) in [5, 5.41) is 0. The molecular weight excluding hydrogens is 395 g/mol. The van der Waals surface area contributed by atoms with Crippen molar-refractivity contribution in [1.29, 1.82) is 0 Å². The van der Waals surface area contributed by atoms with Crippen LogP contribution in [0.3, 0.4) is 0 Å². The molecule has 154 valence electrons. The van der Waals surface area contributed by atoms with E-state index in [9.17, 15) is 26.4 Å². The number of carbonyl (C=O) groups is 1. The number of rotatable bonds is 6. The lowest BCUT2D eigenvalue weighted by Gasteiger charge is -2.29. The summed E-state index contributed by atoms with van der Waals surface area (Å²) in [7, 11) is -3.22. The van der Waals surface area contributed by atoms with Crippen LogP contribution in [0.1, 0.15) is 32.0 Å². The number of hydrogen-bond donors (Lipinski definition) is 0. The molecule has 0 bridgehead atoms. The van der Waals surface area contributed by atoms with Gasteiger partial charge in [0, 0.05) is 12.6 Å². The van der Waals surface area contributed by atoms with Gasteiger partial charge >= 0.3 is 6.18 Å². The molecule has 0 radical (unpaired) electrons. The second-order valence-electron chi connectivity index (χ2n) is 7.01. The molecule has 0 saturated carbocycles. The molecule has 1 amide bonds. The summed E-state index contributed by atoms with van der Waals surface area (Å²) < 4.78 is 64.9. The van der Waals surface area contributed by atoms with E-state index in [1.165, 1.54) is 17.0 Å². The van der Waals surface area contributed by atoms with Gasteiger partial charge in [-0.25, -0.2) is 13.4 Å². The Kier molecular flexibility index (Phi) is 5.69. The molecule has 1 saturated heterocycles. The zero-order valence-electron chi connectivity index (χ0n) is 15.4. The minimum absolute atomic E-state index is 0.00458. The third-order valence-electron chi connectivity index (χ3n) is 4.92. The summed E-state index contributed by atoms with van der Waals surface area (Å²) in [5.74, 6) is -1.80. The van der Waals surface area contributed by atoms with Crippen LogP contribution in [0.25, 0.3) is 11.0 Å². The highest BCUT2D eigenvalue weighted by Crippen LogP contribution is 2.31. The third kappa shape index (κ3) is 4.31. The standard InChI is InChI=1S/C18H22F3N3O3S/c1-2-3-9-23(13-8-10-28(26,27)12-13)16(25)11-24-15-7-5-4-6-14(15)22-17(24)18(19,20)21/h4-7,13H,2-3,8-12H2,1H3. The molecule has 0 aliphatic carbocycles. The van der Waals surface area contributed by atoms with Gasteiger partial charge in [-0.2, -0.15) is 13.2 Å². The van der Waals surface area contributed by atoms with Crippen molar-refractivity contribution < 1.29 is 26.4 Å². The molecule has 1 aromatic heterocycles. The first-order valence-electron chi connectivity index (χ1n) is 9.14. The molecule has 2 aromatic rings. The highest BCUT2D eigenvalue weighted by molar-refractivity contribution is 7.91. The molecule has 0 spiro atoms. The number of imidazole rings is 1. The van der Waals surface area contributed by atoms with Crippen molar-refractivity contribution in [3.63, 3.8) is 0 Å². The Morgan fingerprint density at radius 3 is 2.64 bits per heavy atom. The van der Waals surface area contributed by atoms with E-state index in [2.05, 4.69) is 4.98 Å². The first-order chi connectivity index (χ1) is 13.1. The van der Waals surface area contributed by atoms with Crippen molar-refractivity contribution in [2.45, 2.75) is 44.9 Å². The SMILES string of the molecule is CCCCN(C(=O)Cn1c(C(F)(F)F)nc2ccccc21)C1CCS(=O)(=O)C1. The Morgan fingerprint density at radius 2 is 2.04 bits per heavy atom. The van der Waals surface area contributed by atoms with E-state index in [1.54, 1.807) is 12.1 Å². The second-order valence-corrected chi connectivity index (χ2v) is 9.23. The average molecular weight is 417 g/mol. The van der Waals surface area contributed by atoms with Crippen molar-refractivity contribution >= 4 is 26.8 Å². The predicted molar refractivity (Wildman–Crippen MR) is 98.4 cm³/mol. The first kappa shape index (κ1) is 20.6. The molecule has 1 aliphatic rings. The lowest BCUT2D eigenvalue weighted by molar-refractivity contribution is -0.148. The zero-order valence-corrected chi connectivity index (χ0v) is 16.3. The molecule has 1 aromatic carbocycles. The van der Waals surface area contributed by atoms with Gasteiger partial charge < -0.3 is 9.47 Å². The quantitative estimate of drug-likeness (QED) is 0.725. The van der Waals surface area contributed by atoms with Crippen LogP contribution in [0.5, 0.6) is 0 Å². The number of alkyl halides is 3. The van der Waals surface area contributed by atoms with E-state index >= 15 is 0 Å². The minimum Gasteiger partial charge on any atom is -0.337 e. The van der Waals surface area contributed by atoms with Gasteiger partial charge in [0.05, 0.1) is 22.5 Å². The Hall–Kier alpha value is -2.10. The maximum Gasteiger partial charge on any atom is 0.449 e. The molecule has 1 unspecified atom stereocenters. The van der Waals surface area contributed by atoms with Crippen molar-refractivity contribution in [2.75, 3.05) is 18.1 Å².